The Balaban J connectivity index is 2.82. The highest BCUT2D eigenvalue weighted by Crippen LogP contribution is 2.21. The van der Waals surface area contributed by atoms with Crippen molar-refractivity contribution in [3.8, 4) is 0 Å². The molecule has 1 heterocycles. The van der Waals surface area contributed by atoms with Gasteiger partial charge in [0.15, 0.2) is 0 Å². The van der Waals surface area contributed by atoms with Crippen LogP contribution in [0.25, 0.3) is 0 Å². The first-order valence-electron chi connectivity index (χ1n) is 4.53. The van der Waals surface area contributed by atoms with Crippen LogP contribution in [0.15, 0.2) is 24.5 Å². The maximum atomic E-state index is 11.0. The van der Waals surface area contributed by atoms with Crippen molar-refractivity contribution in [3.05, 3.63) is 24.5 Å². The summed E-state index contributed by atoms with van der Waals surface area (Å²) in [5.74, 6) is -0.924. The highest BCUT2D eigenvalue weighted by atomic mass is 32.1. The van der Waals surface area contributed by atoms with Crippen LogP contribution in [0.4, 0.5) is 5.69 Å². The van der Waals surface area contributed by atoms with Gasteiger partial charge in [0.2, 0.25) is 0 Å². The molecule has 0 spiro atoms. The van der Waals surface area contributed by atoms with Gasteiger partial charge in [0.05, 0.1) is 0 Å². The Bertz CT molecular complexity index is 335. The molecule has 0 aliphatic carbocycles. The summed E-state index contributed by atoms with van der Waals surface area (Å²) in [5, 5.41) is 11.9. The van der Waals surface area contributed by atoms with Gasteiger partial charge in [0.25, 0.3) is 0 Å². The molecule has 0 unspecified atom stereocenters. The first-order chi connectivity index (χ1) is 6.91. The van der Waals surface area contributed by atoms with E-state index in [1.165, 1.54) is 0 Å². The molecule has 0 radical (unpaired) electrons. The number of aliphatic carboxylic acids is 1. The molecule has 0 bridgehead atoms. The number of anilines is 1. The lowest BCUT2D eigenvalue weighted by molar-refractivity contribution is -0.138. The molecule has 0 amide bonds. The second-order valence-corrected chi connectivity index (χ2v) is 4.96. The zero-order valence-electron chi connectivity index (χ0n) is 8.64. The Hall–Kier alpha value is -1.23. The van der Waals surface area contributed by atoms with E-state index in [2.05, 4.69) is 22.9 Å². The lowest BCUT2D eigenvalue weighted by atomic mass is 10.0. The van der Waals surface area contributed by atoms with E-state index in [9.17, 15) is 4.79 Å². The number of carbonyl (C=O) groups is 1. The number of aromatic nitrogens is 1. The number of nitrogens with zero attached hydrogens (tertiary/aromatic N) is 1. The number of rotatable bonds is 4. The number of carboxylic acids is 1. The third kappa shape index (κ3) is 3.43. The summed E-state index contributed by atoms with van der Waals surface area (Å²) in [5.41, 5.74) is 0.722. The first kappa shape index (κ1) is 11.8. The van der Waals surface area contributed by atoms with Crippen molar-refractivity contribution in [1.82, 2.24) is 4.98 Å². The van der Waals surface area contributed by atoms with Gasteiger partial charge in [-0.3, -0.25) is 4.98 Å². The summed E-state index contributed by atoms with van der Waals surface area (Å²) >= 11 is 4.26. The third-order valence-corrected chi connectivity index (χ3v) is 2.20. The molecule has 4 nitrogen and oxygen atoms in total. The number of hydrogen-bond acceptors (Lipinski definition) is 4. The molecule has 1 rings (SSSR count). The van der Waals surface area contributed by atoms with Gasteiger partial charge in [-0.15, -0.1) is 0 Å². The molecular weight excluding hydrogens is 212 g/mol. The van der Waals surface area contributed by atoms with Gasteiger partial charge in [-0.2, -0.15) is 12.6 Å². The normalized spacial score (nSPS) is 13.3. The molecule has 5 heteroatoms. The van der Waals surface area contributed by atoms with Crippen LogP contribution in [0.1, 0.15) is 13.8 Å². The van der Waals surface area contributed by atoms with Crippen molar-refractivity contribution in [1.29, 1.82) is 0 Å². The summed E-state index contributed by atoms with van der Waals surface area (Å²) in [7, 11) is 0. The van der Waals surface area contributed by atoms with Crippen LogP contribution in [-0.2, 0) is 4.79 Å². The van der Waals surface area contributed by atoms with Crippen molar-refractivity contribution in [3.63, 3.8) is 0 Å². The van der Waals surface area contributed by atoms with E-state index < -0.39 is 16.8 Å². The molecular formula is C10H14N2O2S. The fraction of sp³-hybridized carbons (Fsp3) is 0.400. The molecule has 0 aliphatic rings. The predicted octanol–water partition coefficient (Wildman–Crippen LogP) is 1.66. The predicted molar refractivity (Wildman–Crippen MR) is 62.3 cm³/mol. The van der Waals surface area contributed by atoms with E-state index in [0.29, 0.717) is 0 Å². The number of nitrogens with one attached hydrogen (secondary N) is 1. The maximum Gasteiger partial charge on any atom is 0.327 e. The SMILES string of the molecule is CC(C)(S)[C@H](Nc1ccncc1)C(=O)O. The van der Waals surface area contributed by atoms with Gasteiger partial charge in [0, 0.05) is 22.8 Å². The van der Waals surface area contributed by atoms with Gasteiger partial charge < -0.3 is 10.4 Å². The molecule has 0 saturated heterocycles. The molecule has 82 valence electrons. The Kier molecular flexibility index (Phi) is 3.57. The van der Waals surface area contributed by atoms with Crippen LogP contribution >= 0.6 is 12.6 Å². The zero-order chi connectivity index (χ0) is 11.5. The lowest BCUT2D eigenvalue weighted by Crippen LogP contribution is -2.44. The summed E-state index contributed by atoms with van der Waals surface area (Å²) in [6.45, 7) is 3.51. The quantitative estimate of drug-likeness (QED) is 0.683. The summed E-state index contributed by atoms with van der Waals surface area (Å²) in [6, 6.07) is 2.69. The van der Waals surface area contributed by atoms with Gasteiger partial charge in [0.1, 0.15) is 6.04 Å². The Morgan fingerprint density at radius 1 is 1.53 bits per heavy atom. The molecule has 1 aromatic rings. The van der Waals surface area contributed by atoms with E-state index in [-0.39, 0.29) is 0 Å². The molecule has 0 fully saturated rings. The van der Waals surface area contributed by atoms with Crippen LogP contribution < -0.4 is 5.32 Å². The third-order valence-electron chi connectivity index (χ3n) is 1.94. The molecule has 2 N–H and O–H groups in total. The van der Waals surface area contributed by atoms with Gasteiger partial charge in [-0.05, 0) is 26.0 Å². The number of thiol groups is 1. The van der Waals surface area contributed by atoms with Crippen LogP contribution in [0.2, 0.25) is 0 Å². The standard InChI is InChI=1S/C10H14N2O2S/c1-10(2,15)8(9(13)14)12-7-3-5-11-6-4-7/h3-6,8,15H,1-2H3,(H,11,12)(H,13,14)/t8-/m1/s1. The van der Waals surface area contributed by atoms with Gasteiger partial charge in [-0.1, -0.05) is 0 Å². The highest BCUT2D eigenvalue weighted by molar-refractivity contribution is 7.81. The lowest BCUT2D eigenvalue weighted by Gasteiger charge is -2.27. The number of hydrogen-bond donors (Lipinski definition) is 3. The van der Waals surface area contributed by atoms with Crippen molar-refractivity contribution in [2.24, 2.45) is 0 Å². The van der Waals surface area contributed by atoms with Crippen LogP contribution in [0.5, 0.6) is 0 Å². The van der Waals surface area contributed by atoms with Crippen molar-refractivity contribution in [2.75, 3.05) is 5.32 Å². The summed E-state index contributed by atoms with van der Waals surface area (Å²) in [4.78, 5) is 14.9. The number of pyridine rings is 1. The van der Waals surface area contributed by atoms with Crippen LogP contribution in [-0.4, -0.2) is 26.8 Å². The second kappa shape index (κ2) is 4.53. The van der Waals surface area contributed by atoms with E-state index in [4.69, 9.17) is 5.11 Å². The van der Waals surface area contributed by atoms with Crippen molar-refractivity contribution in [2.45, 2.75) is 24.6 Å². The van der Waals surface area contributed by atoms with Gasteiger partial charge >= 0.3 is 5.97 Å². The molecule has 0 aromatic carbocycles. The average Bonchev–Trinajstić information content (AvgIpc) is 2.13. The smallest absolute Gasteiger partial charge is 0.327 e. The first-order valence-corrected chi connectivity index (χ1v) is 4.97. The van der Waals surface area contributed by atoms with Crippen LogP contribution in [0.3, 0.4) is 0 Å². The Morgan fingerprint density at radius 2 is 2.07 bits per heavy atom. The zero-order valence-corrected chi connectivity index (χ0v) is 9.53. The largest absolute Gasteiger partial charge is 0.480 e. The highest BCUT2D eigenvalue weighted by Gasteiger charge is 2.31. The summed E-state index contributed by atoms with van der Waals surface area (Å²) in [6.07, 6.45) is 3.21. The van der Waals surface area contributed by atoms with E-state index >= 15 is 0 Å². The number of carboxylic acid groups (broad SMARTS) is 1. The summed E-state index contributed by atoms with van der Waals surface area (Å²) < 4.78 is -0.644. The Labute approximate surface area is 94.1 Å². The average molecular weight is 226 g/mol. The van der Waals surface area contributed by atoms with Crippen LogP contribution in [0, 0.1) is 0 Å². The van der Waals surface area contributed by atoms with Gasteiger partial charge in [-0.25, -0.2) is 4.79 Å². The molecule has 1 atom stereocenters. The fourth-order valence-electron chi connectivity index (χ4n) is 1.16. The fourth-order valence-corrected chi connectivity index (χ4v) is 1.33. The minimum atomic E-state index is -0.924. The minimum absolute atomic E-state index is 0.644. The Morgan fingerprint density at radius 3 is 2.47 bits per heavy atom. The minimum Gasteiger partial charge on any atom is -0.480 e. The topological polar surface area (TPSA) is 62.2 Å². The molecule has 0 saturated carbocycles. The maximum absolute atomic E-state index is 11.0. The monoisotopic (exact) mass is 226 g/mol. The van der Waals surface area contributed by atoms with Crippen molar-refractivity contribution < 1.29 is 9.90 Å². The van der Waals surface area contributed by atoms with E-state index in [1.807, 2.05) is 0 Å². The molecule has 15 heavy (non-hydrogen) atoms. The van der Waals surface area contributed by atoms with E-state index in [0.717, 1.165) is 5.69 Å². The van der Waals surface area contributed by atoms with E-state index in [1.54, 1.807) is 38.4 Å². The second-order valence-electron chi connectivity index (χ2n) is 3.81. The molecule has 0 aliphatic heterocycles. The molecule has 1 aromatic heterocycles. The van der Waals surface area contributed by atoms with Crippen molar-refractivity contribution >= 4 is 24.3 Å².